The summed E-state index contributed by atoms with van der Waals surface area (Å²) in [4.78, 5) is 16.9. The van der Waals surface area contributed by atoms with E-state index in [1.54, 1.807) is 0 Å². The highest BCUT2D eigenvalue weighted by atomic mass is 16.2. The van der Waals surface area contributed by atoms with E-state index in [2.05, 4.69) is 22.0 Å². The van der Waals surface area contributed by atoms with Crippen molar-refractivity contribution in [2.45, 2.75) is 45.1 Å². The molecule has 0 aromatic heterocycles. The van der Waals surface area contributed by atoms with Gasteiger partial charge in [0.15, 0.2) is 0 Å². The molecule has 1 N–H and O–H groups in total. The Labute approximate surface area is 111 Å². The molecule has 0 aromatic carbocycles. The number of nitrogens with one attached hydrogen (secondary N) is 1. The SMILES string of the molecule is CCCN1CCN(C(=O)C2CCCCCN2)CC1. The van der Waals surface area contributed by atoms with Gasteiger partial charge in [0, 0.05) is 26.2 Å². The third-order valence-electron chi connectivity index (χ3n) is 4.08. The average molecular weight is 253 g/mol. The van der Waals surface area contributed by atoms with Crippen molar-refractivity contribution in [1.29, 1.82) is 0 Å². The fourth-order valence-corrected chi connectivity index (χ4v) is 2.97. The number of nitrogens with zero attached hydrogens (tertiary/aromatic N) is 2. The van der Waals surface area contributed by atoms with Crippen LogP contribution in [-0.4, -0.2) is 61.0 Å². The van der Waals surface area contributed by atoms with Gasteiger partial charge in [-0.3, -0.25) is 9.69 Å². The molecule has 0 spiro atoms. The standard InChI is InChI=1S/C14H27N3O/c1-2-8-16-9-11-17(12-10-16)14(18)13-6-4-3-5-7-15-13/h13,15H,2-12H2,1H3. The van der Waals surface area contributed by atoms with Gasteiger partial charge in [-0.15, -0.1) is 0 Å². The predicted molar refractivity (Wildman–Crippen MR) is 73.6 cm³/mol. The molecule has 18 heavy (non-hydrogen) atoms. The van der Waals surface area contributed by atoms with Crippen LogP contribution >= 0.6 is 0 Å². The van der Waals surface area contributed by atoms with Gasteiger partial charge in [0.25, 0.3) is 0 Å². The molecule has 2 rings (SSSR count). The molecular formula is C14H27N3O. The smallest absolute Gasteiger partial charge is 0.239 e. The Kier molecular flexibility index (Phi) is 5.45. The third-order valence-corrected chi connectivity index (χ3v) is 4.08. The topological polar surface area (TPSA) is 35.6 Å². The maximum absolute atomic E-state index is 12.4. The van der Waals surface area contributed by atoms with Crippen molar-refractivity contribution in [2.24, 2.45) is 0 Å². The number of carbonyl (C=O) groups is 1. The van der Waals surface area contributed by atoms with Crippen LogP contribution in [0.25, 0.3) is 0 Å². The second-order valence-corrected chi connectivity index (χ2v) is 5.52. The van der Waals surface area contributed by atoms with Gasteiger partial charge in [-0.1, -0.05) is 19.8 Å². The molecule has 0 aromatic rings. The third kappa shape index (κ3) is 3.69. The van der Waals surface area contributed by atoms with Crippen LogP contribution in [-0.2, 0) is 4.79 Å². The van der Waals surface area contributed by atoms with Gasteiger partial charge in [0.2, 0.25) is 5.91 Å². The second kappa shape index (κ2) is 7.10. The first-order valence-electron chi connectivity index (χ1n) is 7.56. The molecule has 2 saturated heterocycles. The Bertz CT molecular complexity index is 254. The summed E-state index contributed by atoms with van der Waals surface area (Å²) in [6.07, 6.45) is 5.90. The Morgan fingerprint density at radius 3 is 2.67 bits per heavy atom. The van der Waals surface area contributed by atoms with Crippen LogP contribution in [0, 0.1) is 0 Å². The number of hydrogen-bond acceptors (Lipinski definition) is 3. The lowest BCUT2D eigenvalue weighted by molar-refractivity contribution is -0.135. The molecule has 4 heteroatoms. The second-order valence-electron chi connectivity index (χ2n) is 5.52. The molecule has 0 saturated carbocycles. The first kappa shape index (κ1) is 13.8. The van der Waals surface area contributed by atoms with Crippen LogP contribution in [0.4, 0.5) is 0 Å². The van der Waals surface area contributed by atoms with Gasteiger partial charge in [0.1, 0.15) is 0 Å². The molecule has 0 radical (unpaired) electrons. The molecular weight excluding hydrogens is 226 g/mol. The average Bonchev–Trinajstić information content (AvgIpc) is 2.68. The maximum Gasteiger partial charge on any atom is 0.239 e. The van der Waals surface area contributed by atoms with Crippen molar-refractivity contribution in [3.05, 3.63) is 0 Å². The van der Waals surface area contributed by atoms with E-state index in [-0.39, 0.29) is 6.04 Å². The van der Waals surface area contributed by atoms with Crippen LogP contribution in [0.3, 0.4) is 0 Å². The summed E-state index contributed by atoms with van der Waals surface area (Å²) in [5, 5.41) is 3.41. The molecule has 104 valence electrons. The number of amides is 1. The van der Waals surface area contributed by atoms with E-state index in [0.29, 0.717) is 5.91 Å². The van der Waals surface area contributed by atoms with Crippen molar-refractivity contribution >= 4 is 5.91 Å². The zero-order valence-electron chi connectivity index (χ0n) is 11.7. The first-order chi connectivity index (χ1) is 8.81. The Morgan fingerprint density at radius 1 is 1.17 bits per heavy atom. The highest BCUT2D eigenvalue weighted by Crippen LogP contribution is 2.12. The first-order valence-corrected chi connectivity index (χ1v) is 7.56. The zero-order chi connectivity index (χ0) is 12.8. The van der Waals surface area contributed by atoms with E-state index in [0.717, 1.165) is 39.1 Å². The number of rotatable bonds is 3. The lowest BCUT2D eigenvalue weighted by Crippen LogP contribution is -2.54. The molecule has 1 unspecified atom stereocenters. The summed E-state index contributed by atoms with van der Waals surface area (Å²) >= 11 is 0. The van der Waals surface area contributed by atoms with Gasteiger partial charge in [-0.2, -0.15) is 0 Å². The fraction of sp³-hybridized carbons (Fsp3) is 0.929. The minimum absolute atomic E-state index is 0.0882. The Morgan fingerprint density at radius 2 is 1.94 bits per heavy atom. The molecule has 2 fully saturated rings. The van der Waals surface area contributed by atoms with E-state index in [1.165, 1.54) is 32.2 Å². The van der Waals surface area contributed by atoms with E-state index >= 15 is 0 Å². The van der Waals surface area contributed by atoms with Crippen molar-refractivity contribution in [2.75, 3.05) is 39.3 Å². The van der Waals surface area contributed by atoms with Crippen molar-refractivity contribution in [1.82, 2.24) is 15.1 Å². The van der Waals surface area contributed by atoms with Crippen LogP contribution < -0.4 is 5.32 Å². The summed E-state index contributed by atoms with van der Waals surface area (Å²) in [6.45, 7) is 8.31. The highest BCUT2D eigenvalue weighted by Gasteiger charge is 2.27. The summed E-state index contributed by atoms with van der Waals surface area (Å²) in [5.41, 5.74) is 0. The lowest BCUT2D eigenvalue weighted by atomic mass is 10.1. The molecule has 0 bridgehead atoms. The summed E-state index contributed by atoms with van der Waals surface area (Å²) < 4.78 is 0. The predicted octanol–water partition coefficient (Wildman–Crippen LogP) is 1.07. The van der Waals surface area contributed by atoms with Gasteiger partial charge in [-0.05, 0) is 32.4 Å². The minimum Gasteiger partial charge on any atom is -0.339 e. The van der Waals surface area contributed by atoms with E-state index in [9.17, 15) is 4.79 Å². The molecule has 2 aliphatic heterocycles. The van der Waals surface area contributed by atoms with Crippen LogP contribution in [0.15, 0.2) is 0 Å². The van der Waals surface area contributed by atoms with Gasteiger partial charge >= 0.3 is 0 Å². The normalized spacial score (nSPS) is 26.9. The van der Waals surface area contributed by atoms with Gasteiger partial charge < -0.3 is 10.2 Å². The summed E-state index contributed by atoms with van der Waals surface area (Å²) in [5.74, 6) is 0.341. The van der Waals surface area contributed by atoms with Crippen LogP contribution in [0.5, 0.6) is 0 Å². The number of piperazine rings is 1. The molecule has 0 aliphatic carbocycles. The summed E-state index contributed by atoms with van der Waals surface area (Å²) in [7, 11) is 0. The number of hydrogen-bond donors (Lipinski definition) is 1. The van der Waals surface area contributed by atoms with Gasteiger partial charge in [-0.25, -0.2) is 0 Å². The van der Waals surface area contributed by atoms with Crippen LogP contribution in [0.1, 0.15) is 39.0 Å². The fourth-order valence-electron chi connectivity index (χ4n) is 2.97. The summed E-state index contributed by atoms with van der Waals surface area (Å²) in [6, 6.07) is 0.0882. The lowest BCUT2D eigenvalue weighted by Gasteiger charge is -2.36. The quantitative estimate of drug-likeness (QED) is 0.817. The van der Waals surface area contributed by atoms with E-state index in [4.69, 9.17) is 0 Å². The number of carbonyl (C=O) groups excluding carboxylic acids is 1. The van der Waals surface area contributed by atoms with Crippen molar-refractivity contribution < 1.29 is 4.79 Å². The molecule has 1 amide bonds. The van der Waals surface area contributed by atoms with Crippen LogP contribution in [0.2, 0.25) is 0 Å². The molecule has 1 atom stereocenters. The van der Waals surface area contributed by atoms with Gasteiger partial charge in [0.05, 0.1) is 6.04 Å². The largest absolute Gasteiger partial charge is 0.339 e. The minimum atomic E-state index is 0.0882. The Balaban J connectivity index is 1.79. The zero-order valence-corrected chi connectivity index (χ0v) is 11.7. The highest BCUT2D eigenvalue weighted by molar-refractivity contribution is 5.82. The van der Waals surface area contributed by atoms with E-state index < -0.39 is 0 Å². The molecule has 2 heterocycles. The maximum atomic E-state index is 12.4. The Hall–Kier alpha value is -0.610. The molecule has 2 aliphatic rings. The van der Waals surface area contributed by atoms with Crippen molar-refractivity contribution in [3.8, 4) is 0 Å². The monoisotopic (exact) mass is 253 g/mol. The van der Waals surface area contributed by atoms with E-state index in [1.807, 2.05) is 0 Å². The molecule has 4 nitrogen and oxygen atoms in total. The van der Waals surface area contributed by atoms with Crippen molar-refractivity contribution in [3.63, 3.8) is 0 Å².